The highest BCUT2D eigenvalue weighted by molar-refractivity contribution is 4.80. The summed E-state index contributed by atoms with van der Waals surface area (Å²) in [6, 6.07) is 1.61. The maximum Gasteiger partial charge on any atom is 0.00682 e. The zero-order chi connectivity index (χ0) is 12.0. The van der Waals surface area contributed by atoms with Gasteiger partial charge >= 0.3 is 0 Å². The van der Waals surface area contributed by atoms with Crippen LogP contribution in [0.25, 0.3) is 0 Å². The van der Waals surface area contributed by atoms with E-state index in [1.54, 1.807) is 0 Å². The first kappa shape index (κ1) is 14.0. The second-order valence-corrected chi connectivity index (χ2v) is 5.88. The third kappa shape index (κ3) is 6.49. The Morgan fingerprint density at radius 2 is 1.88 bits per heavy atom. The second-order valence-electron chi connectivity index (χ2n) is 5.88. The van der Waals surface area contributed by atoms with Crippen LogP contribution in [0.2, 0.25) is 0 Å². The Hall–Kier alpha value is -0.0800. The number of hydrogen-bond acceptors (Lipinski definition) is 2. The fourth-order valence-electron chi connectivity index (χ4n) is 1.89. The van der Waals surface area contributed by atoms with Gasteiger partial charge in [-0.3, -0.25) is 0 Å². The maximum atomic E-state index is 3.58. The lowest BCUT2D eigenvalue weighted by molar-refractivity contribution is 0.229. The average molecular weight is 226 g/mol. The van der Waals surface area contributed by atoms with Gasteiger partial charge in [-0.25, -0.2) is 0 Å². The highest BCUT2D eigenvalue weighted by atomic mass is 15.1. The molecule has 16 heavy (non-hydrogen) atoms. The Morgan fingerprint density at radius 3 is 2.44 bits per heavy atom. The molecule has 1 fully saturated rings. The monoisotopic (exact) mass is 226 g/mol. The molecular weight excluding hydrogens is 196 g/mol. The van der Waals surface area contributed by atoms with Crippen LogP contribution in [0.15, 0.2) is 0 Å². The van der Waals surface area contributed by atoms with E-state index in [0.29, 0.717) is 0 Å². The van der Waals surface area contributed by atoms with Crippen LogP contribution in [0.5, 0.6) is 0 Å². The third-order valence-corrected chi connectivity index (χ3v) is 3.62. The van der Waals surface area contributed by atoms with Crippen molar-refractivity contribution in [1.29, 1.82) is 0 Å². The third-order valence-electron chi connectivity index (χ3n) is 3.62. The summed E-state index contributed by atoms with van der Waals surface area (Å²) in [5, 5.41) is 3.58. The van der Waals surface area contributed by atoms with E-state index in [1.165, 1.54) is 45.2 Å². The maximum absolute atomic E-state index is 3.58. The Labute approximate surface area is 102 Å². The molecule has 0 aliphatic heterocycles. The van der Waals surface area contributed by atoms with Gasteiger partial charge in [-0.1, -0.05) is 13.8 Å². The van der Waals surface area contributed by atoms with Crippen LogP contribution in [0, 0.1) is 5.92 Å². The normalized spacial score (nSPS) is 18.4. The summed E-state index contributed by atoms with van der Waals surface area (Å²) in [6.07, 6.45) is 6.78. The van der Waals surface area contributed by atoms with Crippen LogP contribution in [-0.4, -0.2) is 37.1 Å². The molecule has 0 amide bonds. The summed E-state index contributed by atoms with van der Waals surface area (Å²) in [5.74, 6) is 0.825. The molecule has 0 spiro atoms. The van der Waals surface area contributed by atoms with Crippen LogP contribution in [0.4, 0.5) is 0 Å². The number of rotatable bonds is 9. The fraction of sp³-hybridized carbons (Fsp3) is 1.00. The first-order valence-electron chi connectivity index (χ1n) is 7.03. The minimum Gasteiger partial charge on any atom is -0.314 e. The zero-order valence-electron chi connectivity index (χ0n) is 11.6. The van der Waals surface area contributed by atoms with Crippen LogP contribution < -0.4 is 5.32 Å². The van der Waals surface area contributed by atoms with Gasteiger partial charge < -0.3 is 10.2 Å². The van der Waals surface area contributed by atoms with Crippen molar-refractivity contribution in [2.75, 3.05) is 20.1 Å². The molecule has 0 heterocycles. The second kappa shape index (κ2) is 7.29. The summed E-state index contributed by atoms with van der Waals surface area (Å²) >= 11 is 0. The van der Waals surface area contributed by atoms with Gasteiger partial charge in [0.05, 0.1) is 0 Å². The summed E-state index contributed by atoms with van der Waals surface area (Å²) in [5.41, 5.74) is 0. The molecule has 2 heteroatoms. The molecule has 96 valence electrons. The van der Waals surface area contributed by atoms with Gasteiger partial charge in [0.2, 0.25) is 0 Å². The van der Waals surface area contributed by atoms with Gasteiger partial charge in [-0.15, -0.1) is 0 Å². The average Bonchev–Trinajstić information content (AvgIpc) is 3.04. The van der Waals surface area contributed by atoms with E-state index < -0.39 is 0 Å². The largest absolute Gasteiger partial charge is 0.314 e. The predicted octanol–water partition coefficient (Wildman–Crippen LogP) is 2.89. The SMILES string of the molecule is CC(C)CCN(C)C(C)CCCNC1CC1. The van der Waals surface area contributed by atoms with Gasteiger partial charge in [0, 0.05) is 12.1 Å². The molecule has 1 atom stereocenters. The fourth-order valence-corrected chi connectivity index (χ4v) is 1.89. The molecule has 0 radical (unpaired) electrons. The van der Waals surface area contributed by atoms with Crippen LogP contribution in [-0.2, 0) is 0 Å². The first-order chi connectivity index (χ1) is 7.59. The standard InChI is InChI=1S/C14H30N2/c1-12(2)9-11-16(4)13(3)6-5-10-15-14-7-8-14/h12-15H,5-11H2,1-4H3. The lowest BCUT2D eigenvalue weighted by Gasteiger charge is -2.25. The van der Waals surface area contributed by atoms with Gasteiger partial charge in [0.1, 0.15) is 0 Å². The molecule has 1 N–H and O–H groups in total. The van der Waals surface area contributed by atoms with Crippen molar-refractivity contribution in [3.05, 3.63) is 0 Å². The summed E-state index contributed by atoms with van der Waals surface area (Å²) in [4.78, 5) is 2.51. The van der Waals surface area contributed by atoms with Crippen molar-refractivity contribution in [2.24, 2.45) is 5.92 Å². The molecule has 0 aromatic heterocycles. The van der Waals surface area contributed by atoms with Crippen molar-refractivity contribution in [3.8, 4) is 0 Å². The smallest absolute Gasteiger partial charge is 0.00682 e. The molecule has 0 aromatic rings. The van der Waals surface area contributed by atoms with Gasteiger partial charge in [-0.05, 0) is 65.1 Å². The summed E-state index contributed by atoms with van der Waals surface area (Å²) < 4.78 is 0. The summed E-state index contributed by atoms with van der Waals surface area (Å²) in [6.45, 7) is 9.43. The molecule has 0 saturated heterocycles. The van der Waals surface area contributed by atoms with Gasteiger partial charge in [-0.2, -0.15) is 0 Å². The van der Waals surface area contributed by atoms with Crippen molar-refractivity contribution >= 4 is 0 Å². The van der Waals surface area contributed by atoms with Crippen LogP contribution >= 0.6 is 0 Å². The first-order valence-corrected chi connectivity index (χ1v) is 7.03. The van der Waals surface area contributed by atoms with Crippen molar-refractivity contribution in [2.45, 2.75) is 65.0 Å². The highest BCUT2D eigenvalue weighted by Gasteiger charge is 2.19. The van der Waals surface area contributed by atoms with E-state index in [9.17, 15) is 0 Å². The van der Waals surface area contributed by atoms with E-state index >= 15 is 0 Å². The zero-order valence-corrected chi connectivity index (χ0v) is 11.6. The van der Waals surface area contributed by atoms with Crippen molar-refractivity contribution < 1.29 is 0 Å². The molecule has 2 nitrogen and oxygen atoms in total. The Bertz CT molecular complexity index is 176. The molecule has 1 aliphatic carbocycles. The Kier molecular flexibility index (Phi) is 6.37. The predicted molar refractivity (Wildman–Crippen MR) is 71.8 cm³/mol. The topological polar surface area (TPSA) is 15.3 Å². The minimum atomic E-state index is 0.736. The minimum absolute atomic E-state index is 0.736. The molecule has 0 aromatic carbocycles. The van der Waals surface area contributed by atoms with E-state index in [0.717, 1.165) is 18.0 Å². The molecule has 1 rings (SSSR count). The molecule has 0 bridgehead atoms. The number of nitrogens with zero attached hydrogens (tertiary/aromatic N) is 1. The summed E-state index contributed by atoms with van der Waals surface area (Å²) in [7, 11) is 2.27. The lowest BCUT2D eigenvalue weighted by atomic mass is 10.1. The van der Waals surface area contributed by atoms with Crippen molar-refractivity contribution in [3.63, 3.8) is 0 Å². The van der Waals surface area contributed by atoms with Gasteiger partial charge in [0.15, 0.2) is 0 Å². The van der Waals surface area contributed by atoms with Gasteiger partial charge in [0.25, 0.3) is 0 Å². The molecule has 1 aliphatic rings. The Morgan fingerprint density at radius 1 is 1.19 bits per heavy atom. The number of hydrogen-bond donors (Lipinski definition) is 1. The molecule has 1 unspecified atom stereocenters. The molecule has 1 saturated carbocycles. The van der Waals surface area contributed by atoms with E-state index in [2.05, 4.69) is 38.0 Å². The van der Waals surface area contributed by atoms with E-state index in [1.807, 2.05) is 0 Å². The Balaban J connectivity index is 1.96. The van der Waals surface area contributed by atoms with E-state index in [-0.39, 0.29) is 0 Å². The lowest BCUT2D eigenvalue weighted by Crippen LogP contribution is -2.31. The van der Waals surface area contributed by atoms with Crippen molar-refractivity contribution in [1.82, 2.24) is 10.2 Å². The quantitative estimate of drug-likeness (QED) is 0.608. The van der Waals surface area contributed by atoms with E-state index in [4.69, 9.17) is 0 Å². The highest BCUT2D eigenvalue weighted by Crippen LogP contribution is 2.18. The number of nitrogens with one attached hydrogen (secondary N) is 1. The molecular formula is C14H30N2. The van der Waals surface area contributed by atoms with Crippen LogP contribution in [0.1, 0.15) is 52.9 Å². The van der Waals surface area contributed by atoms with Crippen LogP contribution in [0.3, 0.4) is 0 Å².